The minimum Gasteiger partial charge on any atom is -0.493 e. The van der Waals surface area contributed by atoms with Crippen LogP contribution < -0.4 is 14.2 Å². The number of hydrogen-bond acceptors (Lipinski definition) is 7. The number of ether oxygens (including phenoxy) is 5. The molecule has 1 aliphatic carbocycles. The maximum Gasteiger partial charge on any atom is 0.324 e. The highest BCUT2D eigenvalue weighted by atomic mass is 16.5. The third-order valence-corrected chi connectivity index (χ3v) is 7.59. The molecule has 0 bridgehead atoms. The molecule has 3 aromatic carbocycles. The Bertz CT molecular complexity index is 1170. The third kappa shape index (κ3) is 3.99. The monoisotopic (exact) mass is 504 g/mol. The maximum absolute atomic E-state index is 13.8. The molecule has 1 unspecified atom stereocenters. The van der Waals surface area contributed by atoms with Crippen LogP contribution in [0.5, 0.6) is 17.2 Å². The molecular formula is C30H32O7. The molecule has 3 aromatic rings. The van der Waals surface area contributed by atoms with Crippen molar-refractivity contribution >= 4 is 11.9 Å². The Kier molecular flexibility index (Phi) is 7.43. The molecule has 7 heteroatoms. The number of carbonyl (C=O) groups is 2. The molecule has 0 aliphatic heterocycles. The quantitative estimate of drug-likeness (QED) is 0.319. The van der Waals surface area contributed by atoms with E-state index in [1.54, 1.807) is 21.3 Å². The van der Waals surface area contributed by atoms with Gasteiger partial charge in [0.15, 0.2) is 16.9 Å². The van der Waals surface area contributed by atoms with Crippen LogP contribution in [0.15, 0.2) is 72.8 Å². The van der Waals surface area contributed by atoms with Crippen LogP contribution in [0.3, 0.4) is 0 Å². The summed E-state index contributed by atoms with van der Waals surface area (Å²) in [4.78, 5) is 27.7. The van der Waals surface area contributed by atoms with Crippen LogP contribution >= 0.6 is 0 Å². The van der Waals surface area contributed by atoms with E-state index < -0.39 is 22.8 Å². The van der Waals surface area contributed by atoms with Gasteiger partial charge in [-0.1, -0.05) is 60.7 Å². The van der Waals surface area contributed by atoms with E-state index in [0.717, 1.165) is 16.7 Å². The first-order chi connectivity index (χ1) is 17.9. The Morgan fingerprint density at radius 2 is 1.14 bits per heavy atom. The zero-order valence-electron chi connectivity index (χ0n) is 21.8. The minimum absolute atomic E-state index is 0.161. The Morgan fingerprint density at radius 3 is 1.51 bits per heavy atom. The maximum atomic E-state index is 13.8. The van der Waals surface area contributed by atoms with Gasteiger partial charge in [-0.2, -0.15) is 0 Å². The van der Waals surface area contributed by atoms with Crippen LogP contribution in [0.1, 0.15) is 35.4 Å². The van der Waals surface area contributed by atoms with Gasteiger partial charge in [-0.05, 0) is 47.6 Å². The van der Waals surface area contributed by atoms with Gasteiger partial charge < -0.3 is 23.7 Å². The number of hydrogen-bond donors (Lipinski definition) is 0. The number of benzene rings is 3. The first-order valence-electron chi connectivity index (χ1n) is 12.0. The number of carbonyl (C=O) groups excluding carboxylic acids is 2. The van der Waals surface area contributed by atoms with E-state index in [9.17, 15) is 9.59 Å². The van der Waals surface area contributed by atoms with Gasteiger partial charge in [-0.15, -0.1) is 0 Å². The van der Waals surface area contributed by atoms with Crippen LogP contribution in [0.4, 0.5) is 0 Å². The van der Waals surface area contributed by atoms with Gasteiger partial charge in [0.1, 0.15) is 0 Å². The van der Waals surface area contributed by atoms with Crippen molar-refractivity contribution in [2.45, 2.75) is 24.2 Å². The van der Waals surface area contributed by atoms with E-state index in [-0.39, 0.29) is 12.3 Å². The molecule has 0 spiro atoms. The molecule has 0 heterocycles. The Labute approximate surface area is 217 Å². The van der Waals surface area contributed by atoms with Crippen LogP contribution in [0.2, 0.25) is 0 Å². The fourth-order valence-corrected chi connectivity index (χ4v) is 6.02. The lowest BCUT2D eigenvalue weighted by atomic mass is 9.58. The van der Waals surface area contributed by atoms with E-state index in [0.29, 0.717) is 23.7 Å². The van der Waals surface area contributed by atoms with Gasteiger partial charge in [0.05, 0.1) is 35.5 Å². The summed E-state index contributed by atoms with van der Waals surface area (Å²) >= 11 is 0. The fraction of sp³-hybridized carbons (Fsp3) is 0.333. The predicted octanol–water partition coefficient (Wildman–Crippen LogP) is 4.91. The highest BCUT2D eigenvalue weighted by molar-refractivity contribution is 6.03. The Hall–Kier alpha value is -4.00. The fourth-order valence-electron chi connectivity index (χ4n) is 6.02. The second-order valence-electron chi connectivity index (χ2n) is 9.09. The smallest absolute Gasteiger partial charge is 0.324 e. The predicted molar refractivity (Wildman–Crippen MR) is 138 cm³/mol. The largest absolute Gasteiger partial charge is 0.493 e. The molecule has 1 aliphatic rings. The summed E-state index contributed by atoms with van der Waals surface area (Å²) in [6.07, 6.45) is 0.596. The van der Waals surface area contributed by atoms with Gasteiger partial charge in [0.25, 0.3) is 0 Å². The molecule has 1 saturated carbocycles. The highest BCUT2D eigenvalue weighted by Gasteiger charge is 2.70. The zero-order valence-corrected chi connectivity index (χ0v) is 21.8. The normalized spacial score (nSPS) is 17.5. The average Bonchev–Trinajstić information content (AvgIpc) is 3.34. The van der Waals surface area contributed by atoms with Gasteiger partial charge >= 0.3 is 11.9 Å². The van der Waals surface area contributed by atoms with Crippen LogP contribution in [0, 0.1) is 5.41 Å². The van der Waals surface area contributed by atoms with Gasteiger partial charge in [-0.3, -0.25) is 9.59 Å². The molecular weight excluding hydrogens is 472 g/mol. The molecule has 1 fully saturated rings. The second kappa shape index (κ2) is 10.5. The van der Waals surface area contributed by atoms with E-state index in [1.165, 1.54) is 14.2 Å². The van der Waals surface area contributed by atoms with Crippen molar-refractivity contribution in [1.82, 2.24) is 0 Å². The summed E-state index contributed by atoms with van der Waals surface area (Å²) < 4.78 is 27.4. The summed E-state index contributed by atoms with van der Waals surface area (Å²) in [7, 11) is 7.27. The van der Waals surface area contributed by atoms with Gasteiger partial charge in [-0.25, -0.2) is 0 Å². The summed E-state index contributed by atoms with van der Waals surface area (Å²) in [5.74, 6) is -0.0707. The summed E-state index contributed by atoms with van der Waals surface area (Å²) in [6, 6.07) is 23.0. The average molecular weight is 505 g/mol. The molecule has 0 radical (unpaired) electrons. The standard InChI is InChI=1S/C30H32O7/c1-33-24-16-20(17-25(34-2)26(24)35-3)21-18-29(22-12-8-6-9-13-22,23-14-10-7-11-15-23)30(19-21,27(31)36-4)28(32)37-5/h6-17,21H,18-19H2,1-5H3. The summed E-state index contributed by atoms with van der Waals surface area (Å²) in [5.41, 5.74) is -0.218. The van der Waals surface area contributed by atoms with Crippen molar-refractivity contribution in [2.75, 3.05) is 35.5 Å². The molecule has 0 aromatic heterocycles. The number of rotatable bonds is 8. The van der Waals surface area contributed by atoms with Crippen molar-refractivity contribution in [1.29, 1.82) is 0 Å². The van der Waals surface area contributed by atoms with Crippen molar-refractivity contribution in [2.24, 2.45) is 5.41 Å². The minimum atomic E-state index is -1.65. The van der Waals surface area contributed by atoms with Crippen LogP contribution in [-0.2, 0) is 24.5 Å². The zero-order chi connectivity index (χ0) is 26.6. The van der Waals surface area contributed by atoms with E-state index in [2.05, 4.69) is 0 Å². The van der Waals surface area contributed by atoms with Crippen LogP contribution in [-0.4, -0.2) is 47.5 Å². The second-order valence-corrected chi connectivity index (χ2v) is 9.09. The van der Waals surface area contributed by atoms with Crippen molar-refractivity contribution in [3.8, 4) is 17.2 Å². The first-order valence-corrected chi connectivity index (χ1v) is 12.0. The lowest BCUT2D eigenvalue weighted by Gasteiger charge is -2.42. The van der Waals surface area contributed by atoms with E-state index in [1.807, 2.05) is 72.8 Å². The Balaban J connectivity index is 2.06. The molecule has 194 valence electrons. The van der Waals surface area contributed by atoms with Gasteiger partial charge in [0.2, 0.25) is 5.75 Å². The third-order valence-electron chi connectivity index (χ3n) is 7.59. The summed E-state index contributed by atoms with van der Waals surface area (Å²) in [5, 5.41) is 0. The van der Waals surface area contributed by atoms with Crippen molar-refractivity contribution in [3.63, 3.8) is 0 Å². The van der Waals surface area contributed by atoms with Crippen molar-refractivity contribution in [3.05, 3.63) is 89.5 Å². The van der Waals surface area contributed by atoms with E-state index >= 15 is 0 Å². The molecule has 0 saturated heterocycles. The molecule has 0 amide bonds. The molecule has 37 heavy (non-hydrogen) atoms. The lowest BCUT2D eigenvalue weighted by molar-refractivity contribution is -0.172. The van der Waals surface area contributed by atoms with Crippen LogP contribution in [0.25, 0.3) is 0 Å². The molecule has 4 rings (SSSR count). The number of esters is 2. The van der Waals surface area contributed by atoms with Gasteiger partial charge in [0, 0.05) is 5.41 Å². The van der Waals surface area contributed by atoms with Crippen molar-refractivity contribution < 1.29 is 33.3 Å². The topological polar surface area (TPSA) is 80.3 Å². The highest BCUT2D eigenvalue weighted by Crippen LogP contribution is 2.64. The number of methoxy groups -OCH3 is 5. The Morgan fingerprint density at radius 1 is 0.676 bits per heavy atom. The molecule has 0 N–H and O–H groups in total. The molecule has 7 nitrogen and oxygen atoms in total. The first kappa shape index (κ1) is 26.1. The molecule has 1 atom stereocenters. The van der Waals surface area contributed by atoms with E-state index in [4.69, 9.17) is 23.7 Å². The lowest BCUT2D eigenvalue weighted by Crippen LogP contribution is -2.54. The summed E-state index contributed by atoms with van der Waals surface area (Å²) in [6.45, 7) is 0. The SMILES string of the molecule is COC(=O)C1(C(=O)OC)CC(c2cc(OC)c(OC)c(OC)c2)CC1(c1ccccc1)c1ccccc1.